The minimum atomic E-state index is -0.750. The van der Waals surface area contributed by atoms with Crippen LogP contribution in [0.1, 0.15) is 28.8 Å². The number of rotatable bonds is 5. The predicted octanol–water partition coefficient (Wildman–Crippen LogP) is 2.03. The van der Waals surface area contributed by atoms with Crippen molar-refractivity contribution in [1.29, 1.82) is 0 Å². The highest BCUT2D eigenvalue weighted by atomic mass is 16.6. The van der Waals surface area contributed by atoms with E-state index >= 15 is 0 Å². The third-order valence-electron chi connectivity index (χ3n) is 4.19. The standard InChI is InChI=1S/C18H18N4O4/c23-17-14(4-3-5-16(17)22(25)26)12-19-20-18(24)13-6-8-15(9-7-13)21-10-1-2-11-21/h3-9,12,23H,1-2,10-11H2,(H,20,24)/p-1/b19-12-. The van der Waals surface area contributed by atoms with Crippen LogP contribution in [0.25, 0.3) is 0 Å². The predicted molar refractivity (Wildman–Crippen MR) is 95.5 cm³/mol. The average Bonchev–Trinajstić information content (AvgIpc) is 3.17. The van der Waals surface area contributed by atoms with Crippen LogP contribution < -0.4 is 15.4 Å². The number of hydrogen-bond acceptors (Lipinski definition) is 6. The molecule has 1 heterocycles. The van der Waals surface area contributed by atoms with Gasteiger partial charge in [0.1, 0.15) is 0 Å². The van der Waals surface area contributed by atoms with Crippen LogP contribution in [0, 0.1) is 10.1 Å². The van der Waals surface area contributed by atoms with Crippen molar-refractivity contribution in [1.82, 2.24) is 5.43 Å². The Morgan fingerprint density at radius 1 is 1.15 bits per heavy atom. The van der Waals surface area contributed by atoms with Gasteiger partial charge in [-0.15, -0.1) is 0 Å². The van der Waals surface area contributed by atoms with Crippen LogP contribution in [0.15, 0.2) is 47.6 Å². The number of amides is 1. The SMILES string of the molecule is O=C(N/N=C\c1cccc([N+](=O)[O-])c1[O-])c1ccc(N2CCCC2)cc1. The van der Waals surface area contributed by atoms with Crippen molar-refractivity contribution in [3.63, 3.8) is 0 Å². The second kappa shape index (κ2) is 7.64. The number of carbonyl (C=O) groups excluding carboxylic acids is 1. The third kappa shape index (κ3) is 3.80. The second-order valence-electron chi connectivity index (χ2n) is 5.89. The molecule has 1 amide bonds. The molecule has 1 aliphatic heterocycles. The largest absolute Gasteiger partial charge is 0.867 e. The summed E-state index contributed by atoms with van der Waals surface area (Å²) in [5.41, 5.74) is 3.34. The third-order valence-corrected chi connectivity index (χ3v) is 4.19. The van der Waals surface area contributed by atoms with E-state index < -0.39 is 22.3 Å². The Morgan fingerprint density at radius 3 is 2.50 bits per heavy atom. The summed E-state index contributed by atoms with van der Waals surface area (Å²) in [5.74, 6) is -1.17. The first-order valence-corrected chi connectivity index (χ1v) is 8.19. The molecule has 2 aromatic rings. The Hall–Kier alpha value is -3.42. The van der Waals surface area contributed by atoms with Gasteiger partial charge in [-0.05, 0) is 48.4 Å². The molecule has 0 radical (unpaired) electrons. The lowest BCUT2D eigenvalue weighted by atomic mass is 10.2. The van der Waals surface area contributed by atoms with Crippen LogP contribution in [0.5, 0.6) is 5.75 Å². The number of nitro groups is 1. The minimum Gasteiger partial charge on any atom is -0.867 e. The van der Waals surface area contributed by atoms with Crippen molar-refractivity contribution in [2.75, 3.05) is 18.0 Å². The van der Waals surface area contributed by atoms with E-state index in [1.807, 2.05) is 12.1 Å². The maximum absolute atomic E-state index is 12.1. The summed E-state index contributed by atoms with van der Waals surface area (Å²) in [6, 6.07) is 11.1. The number of benzene rings is 2. The van der Waals surface area contributed by atoms with Crippen LogP contribution in [0.3, 0.4) is 0 Å². The number of nitrogens with zero attached hydrogens (tertiary/aromatic N) is 3. The summed E-state index contributed by atoms with van der Waals surface area (Å²) in [6.45, 7) is 2.05. The number of nitrogens with one attached hydrogen (secondary N) is 1. The fourth-order valence-corrected chi connectivity index (χ4v) is 2.81. The van der Waals surface area contributed by atoms with Gasteiger partial charge < -0.3 is 10.0 Å². The van der Waals surface area contributed by atoms with Crippen LogP contribution >= 0.6 is 0 Å². The molecule has 1 aliphatic rings. The van der Waals surface area contributed by atoms with Gasteiger partial charge in [-0.3, -0.25) is 14.9 Å². The van der Waals surface area contributed by atoms with Crippen molar-refractivity contribution < 1.29 is 14.8 Å². The van der Waals surface area contributed by atoms with E-state index in [-0.39, 0.29) is 5.56 Å². The molecule has 0 aliphatic carbocycles. The van der Waals surface area contributed by atoms with Crippen molar-refractivity contribution >= 4 is 23.5 Å². The summed E-state index contributed by atoms with van der Waals surface area (Å²) in [7, 11) is 0. The number of hydrogen-bond donors (Lipinski definition) is 1. The van der Waals surface area contributed by atoms with Crippen LogP contribution in [0.2, 0.25) is 0 Å². The molecule has 134 valence electrons. The molecular formula is C18H17N4O4-. The van der Waals surface area contributed by atoms with Gasteiger partial charge in [0.25, 0.3) is 11.6 Å². The first-order chi connectivity index (χ1) is 12.6. The van der Waals surface area contributed by atoms with E-state index in [4.69, 9.17) is 0 Å². The smallest absolute Gasteiger partial charge is 0.271 e. The molecule has 3 rings (SSSR count). The van der Waals surface area contributed by atoms with Crippen molar-refractivity contribution in [3.05, 3.63) is 63.7 Å². The minimum absolute atomic E-state index is 0.0314. The second-order valence-corrected chi connectivity index (χ2v) is 5.89. The number of carbonyl (C=O) groups is 1. The molecule has 26 heavy (non-hydrogen) atoms. The summed E-state index contributed by atoms with van der Waals surface area (Å²) < 4.78 is 0. The van der Waals surface area contributed by atoms with Gasteiger partial charge in [0, 0.05) is 30.4 Å². The van der Waals surface area contributed by atoms with E-state index in [0.29, 0.717) is 5.56 Å². The molecule has 0 atom stereocenters. The van der Waals surface area contributed by atoms with Crippen LogP contribution in [-0.2, 0) is 0 Å². The van der Waals surface area contributed by atoms with Gasteiger partial charge in [-0.2, -0.15) is 5.10 Å². The molecule has 1 saturated heterocycles. The lowest BCUT2D eigenvalue weighted by molar-refractivity contribution is -0.398. The molecule has 1 N–H and O–H groups in total. The first-order valence-electron chi connectivity index (χ1n) is 8.19. The lowest BCUT2D eigenvalue weighted by Gasteiger charge is -2.17. The highest BCUT2D eigenvalue weighted by molar-refractivity contribution is 5.95. The highest BCUT2D eigenvalue weighted by Gasteiger charge is 2.13. The summed E-state index contributed by atoms with van der Waals surface area (Å²) in [5, 5.41) is 26.3. The van der Waals surface area contributed by atoms with E-state index in [2.05, 4.69) is 15.4 Å². The molecule has 0 bridgehead atoms. The lowest BCUT2D eigenvalue weighted by Crippen LogP contribution is -2.19. The summed E-state index contributed by atoms with van der Waals surface area (Å²) >= 11 is 0. The fourth-order valence-electron chi connectivity index (χ4n) is 2.81. The van der Waals surface area contributed by atoms with Crippen molar-refractivity contribution in [2.45, 2.75) is 12.8 Å². The maximum Gasteiger partial charge on any atom is 0.271 e. The zero-order valence-electron chi connectivity index (χ0n) is 13.9. The molecule has 0 saturated carbocycles. The average molecular weight is 353 g/mol. The zero-order valence-corrected chi connectivity index (χ0v) is 13.9. The van der Waals surface area contributed by atoms with Gasteiger partial charge in [0.2, 0.25) is 0 Å². The fraction of sp³-hybridized carbons (Fsp3) is 0.222. The molecule has 8 heteroatoms. The monoisotopic (exact) mass is 353 g/mol. The highest BCUT2D eigenvalue weighted by Crippen LogP contribution is 2.25. The number of anilines is 1. The van der Waals surface area contributed by atoms with E-state index in [9.17, 15) is 20.0 Å². The Morgan fingerprint density at radius 2 is 1.85 bits per heavy atom. The van der Waals surface area contributed by atoms with E-state index in [0.717, 1.165) is 31.1 Å². The summed E-state index contributed by atoms with van der Waals surface area (Å²) in [6.07, 6.45) is 3.46. The zero-order chi connectivity index (χ0) is 18.5. The van der Waals surface area contributed by atoms with Crippen molar-refractivity contribution in [2.24, 2.45) is 5.10 Å². The van der Waals surface area contributed by atoms with Gasteiger partial charge in [-0.1, -0.05) is 12.1 Å². The molecule has 8 nitrogen and oxygen atoms in total. The Kier molecular flexibility index (Phi) is 5.12. The molecule has 2 aromatic carbocycles. The van der Waals surface area contributed by atoms with Crippen LogP contribution in [0.4, 0.5) is 11.4 Å². The quantitative estimate of drug-likeness (QED) is 0.502. The Labute approximate surface area is 149 Å². The van der Waals surface area contributed by atoms with Gasteiger partial charge in [0.15, 0.2) is 0 Å². The van der Waals surface area contributed by atoms with Gasteiger partial charge in [0.05, 0.1) is 11.1 Å². The van der Waals surface area contributed by atoms with Gasteiger partial charge in [-0.25, -0.2) is 5.43 Å². The number of hydrazone groups is 1. The molecule has 1 fully saturated rings. The van der Waals surface area contributed by atoms with Crippen molar-refractivity contribution in [3.8, 4) is 5.75 Å². The summed E-state index contributed by atoms with van der Waals surface area (Å²) in [4.78, 5) is 24.4. The molecule has 0 unspecified atom stereocenters. The molecular weight excluding hydrogens is 336 g/mol. The van der Waals surface area contributed by atoms with Crippen LogP contribution in [-0.4, -0.2) is 30.1 Å². The topological polar surface area (TPSA) is 111 Å². The maximum atomic E-state index is 12.1. The van der Waals surface area contributed by atoms with Gasteiger partial charge >= 0.3 is 0 Å². The number of nitro benzene ring substituents is 1. The van der Waals surface area contributed by atoms with E-state index in [1.54, 1.807) is 12.1 Å². The first kappa shape index (κ1) is 17.4. The molecule has 0 aromatic heterocycles. The number of para-hydroxylation sites is 1. The van der Waals surface area contributed by atoms with E-state index in [1.165, 1.54) is 25.0 Å². The normalized spacial score (nSPS) is 13.9. The molecule has 0 spiro atoms. The Balaban J connectivity index is 1.64. The Bertz CT molecular complexity index is 843.